The predicted molar refractivity (Wildman–Crippen MR) is 53.2 cm³/mol. The molecule has 0 amide bonds. The van der Waals surface area contributed by atoms with Gasteiger partial charge in [0.1, 0.15) is 5.75 Å². The molecule has 0 bridgehead atoms. The Kier molecular flexibility index (Phi) is 4.16. The third-order valence-electron chi connectivity index (χ3n) is 1.54. The van der Waals surface area contributed by atoms with Gasteiger partial charge in [0.05, 0.1) is 6.61 Å². The van der Waals surface area contributed by atoms with Gasteiger partial charge in [-0.05, 0) is 30.7 Å². The number of rotatable bonds is 4. The average Bonchev–Trinajstić information content (AvgIpc) is 2.15. The molecule has 0 aliphatic heterocycles. The Balaban J connectivity index is 2.59. The van der Waals surface area contributed by atoms with Gasteiger partial charge in [0, 0.05) is 5.30 Å². The number of hydrogen-bond donors (Lipinski definition) is 2. The minimum atomic E-state index is -1.98. The Morgan fingerprint density at radius 1 is 1.23 bits per heavy atom. The Bertz CT molecular complexity index is 246. The summed E-state index contributed by atoms with van der Waals surface area (Å²) in [7, 11) is -1.98. The fraction of sp³-hybridized carbons (Fsp3) is 0.333. The van der Waals surface area contributed by atoms with Gasteiger partial charge in [0.2, 0.25) is 0 Å². The van der Waals surface area contributed by atoms with Crippen LogP contribution in [0, 0.1) is 0 Å². The highest BCUT2D eigenvalue weighted by molar-refractivity contribution is 7.54. The highest BCUT2D eigenvalue weighted by Gasteiger charge is 2.02. The van der Waals surface area contributed by atoms with Crippen molar-refractivity contribution in [1.29, 1.82) is 0 Å². The highest BCUT2D eigenvalue weighted by atomic mass is 31.2. The van der Waals surface area contributed by atoms with Crippen LogP contribution in [0.2, 0.25) is 0 Å². The molecule has 0 aliphatic carbocycles. The molecule has 3 nitrogen and oxygen atoms in total. The maximum absolute atomic E-state index is 8.87. The summed E-state index contributed by atoms with van der Waals surface area (Å²) in [4.78, 5) is 17.7. The van der Waals surface area contributed by atoms with Crippen molar-refractivity contribution in [1.82, 2.24) is 0 Å². The number of benzene rings is 1. The van der Waals surface area contributed by atoms with Gasteiger partial charge in [-0.1, -0.05) is 6.92 Å². The molecular weight excluding hydrogens is 187 g/mol. The van der Waals surface area contributed by atoms with E-state index < -0.39 is 8.38 Å². The van der Waals surface area contributed by atoms with Gasteiger partial charge in [0.25, 0.3) is 0 Å². The summed E-state index contributed by atoms with van der Waals surface area (Å²) in [6.45, 7) is 2.72. The van der Waals surface area contributed by atoms with Crippen molar-refractivity contribution >= 4 is 13.7 Å². The van der Waals surface area contributed by atoms with Crippen molar-refractivity contribution in [2.45, 2.75) is 13.3 Å². The SMILES string of the molecule is CCCOc1ccc(P(O)O)cc1. The van der Waals surface area contributed by atoms with E-state index in [1.807, 2.05) is 6.92 Å². The van der Waals surface area contributed by atoms with Gasteiger partial charge >= 0.3 is 0 Å². The second-order valence-corrected chi connectivity index (χ2v) is 3.73. The Labute approximate surface area is 78.9 Å². The van der Waals surface area contributed by atoms with E-state index in [0.29, 0.717) is 11.9 Å². The van der Waals surface area contributed by atoms with Crippen LogP contribution in [0.1, 0.15) is 13.3 Å². The molecule has 72 valence electrons. The van der Waals surface area contributed by atoms with Crippen LogP contribution < -0.4 is 10.0 Å². The van der Waals surface area contributed by atoms with Crippen molar-refractivity contribution < 1.29 is 14.5 Å². The van der Waals surface area contributed by atoms with E-state index in [1.165, 1.54) is 0 Å². The van der Waals surface area contributed by atoms with Crippen LogP contribution in [0.15, 0.2) is 24.3 Å². The van der Waals surface area contributed by atoms with Crippen LogP contribution in [0.5, 0.6) is 5.75 Å². The first kappa shape index (κ1) is 10.5. The summed E-state index contributed by atoms with van der Waals surface area (Å²) in [5.41, 5.74) is 0. The van der Waals surface area contributed by atoms with Gasteiger partial charge in [0.15, 0.2) is 8.38 Å². The quantitative estimate of drug-likeness (QED) is 0.722. The minimum absolute atomic E-state index is 0.541. The molecular formula is C9H13O3P. The van der Waals surface area contributed by atoms with Crippen molar-refractivity contribution in [2.75, 3.05) is 6.61 Å². The van der Waals surface area contributed by atoms with Crippen LogP contribution in [0.4, 0.5) is 0 Å². The normalized spacial score (nSPS) is 10.5. The van der Waals surface area contributed by atoms with Crippen molar-refractivity contribution in [3.05, 3.63) is 24.3 Å². The molecule has 1 rings (SSSR count). The van der Waals surface area contributed by atoms with Crippen molar-refractivity contribution in [3.63, 3.8) is 0 Å². The summed E-state index contributed by atoms with van der Waals surface area (Å²) in [5, 5.41) is 0.541. The summed E-state index contributed by atoms with van der Waals surface area (Å²) < 4.78 is 5.33. The van der Waals surface area contributed by atoms with Gasteiger partial charge in [-0.3, -0.25) is 0 Å². The molecule has 13 heavy (non-hydrogen) atoms. The first-order chi connectivity index (χ1) is 6.24. The van der Waals surface area contributed by atoms with E-state index in [0.717, 1.165) is 12.2 Å². The van der Waals surface area contributed by atoms with Crippen LogP contribution in [-0.4, -0.2) is 16.4 Å². The summed E-state index contributed by atoms with van der Waals surface area (Å²) in [5.74, 6) is 0.766. The molecule has 0 radical (unpaired) electrons. The molecule has 0 aliphatic rings. The smallest absolute Gasteiger partial charge is 0.199 e. The van der Waals surface area contributed by atoms with Gasteiger partial charge in [-0.15, -0.1) is 0 Å². The van der Waals surface area contributed by atoms with E-state index in [-0.39, 0.29) is 0 Å². The zero-order valence-corrected chi connectivity index (χ0v) is 8.37. The number of hydrogen-bond acceptors (Lipinski definition) is 3. The zero-order valence-electron chi connectivity index (χ0n) is 7.47. The lowest BCUT2D eigenvalue weighted by Crippen LogP contribution is -2.00. The van der Waals surface area contributed by atoms with E-state index in [1.54, 1.807) is 24.3 Å². The second kappa shape index (κ2) is 5.18. The maximum Gasteiger partial charge on any atom is 0.199 e. The van der Waals surface area contributed by atoms with Gasteiger partial charge in [-0.25, -0.2) is 0 Å². The molecule has 0 unspecified atom stereocenters. The summed E-state index contributed by atoms with van der Waals surface area (Å²) in [6, 6.07) is 6.81. The fourth-order valence-corrected chi connectivity index (χ4v) is 1.31. The standard InChI is InChI=1S/C9H13O3P/c1-2-7-12-8-3-5-9(6-4-8)13(10)11/h3-6,10-11H,2,7H2,1H3. The molecule has 4 heteroatoms. The Hall–Kier alpha value is -0.630. The fourth-order valence-electron chi connectivity index (χ4n) is 0.896. The van der Waals surface area contributed by atoms with Crippen molar-refractivity contribution in [3.8, 4) is 5.75 Å². The average molecular weight is 200 g/mol. The van der Waals surface area contributed by atoms with Crippen LogP contribution >= 0.6 is 8.38 Å². The molecule has 2 N–H and O–H groups in total. The lowest BCUT2D eigenvalue weighted by molar-refractivity contribution is 0.317. The van der Waals surface area contributed by atoms with Crippen LogP contribution in [0.3, 0.4) is 0 Å². The molecule has 0 saturated heterocycles. The first-order valence-corrected chi connectivity index (χ1v) is 5.39. The molecule has 0 saturated carbocycles. The van der Waals surface area contributed by atoms with E-state index in [2.05, 4.69) is 0 Å². The van der Waals surface area contributed by atoms with E-state index in [4.69, 9.17) is 14.5 Å². The Morgan fingerprint density at radius 2 is 1.85 bits per heavy atom. The summed E-state index contributed by atoms with van der Waals surface area (Å²) >= 11 is 0. The largest absolute Gasteiger partial charge is 0.494 e. The van der Waals surface area contributed by atoms with Crippen LogP contribution in [0.25, 0.3) is 0 Å². The molecule has 0 aromatic heterocycles. The molecule has 0 heterocycles. The lowest BCUT2D eigenvalue weighted by Gasteiger charge is -2.05. The zero-order chi connectivity index (χ0) is 9.68. The van der Waals surface area contributed by atoms with Gasteiger partial charge < -0.3 is 14.5 Å². The third kappa shape index (κ3) is 3.31. The van der Waals surface area contributed by atoms with E-state index >= 15 is 0 Å². The van der Waals surface area contributed by atoms with Gasteiger partial charge in [-0.2, -0.15) is 0 Å². The molecule has 1 aromatic carbocycles. The minimum Gasteiger partial charge on any atom is -0.494 e. The topological polar surface area (TPSA) is 49.7 Å². The molecule has 0 spiro atoms. The monoisotopic (exact) mass is 200 g/mol. The van der Waals surface area contributed by atoms with E-state index in [9.17, 15) is 0 Å². The maximum atomic E-state index is 8.87. The lowest BCUT2D eigenvalue weighted by atomic mass is 10.3. The second-order valence-electron chi connectivity index (χ2n) is 2.63. The van der Waals surface area contributed by atoms with Crippen molar-refractivity contribution in [2.24, 2.45) is 0 Å². The first-order valence-electron chi connectivity index (χ1n) is 4.14. The predicted octanol–water partition coefficient (Wildman–Crippen LogP) is 1.40. The third-order valence-corrected chi connectivity index (χ3v) is 2.30. The Morgan fingerprint density at radius 3 is 2.31 bits per heavy atom. The molecule has 1 aromatic rings. The molecule has 0 atom stereocenters. The summed E-state index contributed by atoms with van der Waals surface area (Å²) in [6.07, 6.45) is 0.967. The molecule has 0 fully saturated rings. The van der Waals surface area contributed by atoms with Crippen LogP contribution in [-0.2, 0) is 0 Å². The number of ether oxygens (including phenoxy) is 1. The highest BCUT2D eigenvalue weighted by Crippen LogP contribution is 2.23.